The third kappa shape index (κ3) is 6.01. The van der Waals surface area contributed by atoms with Crippen LogP contribution in [0.15, 0.2) is 24.3 Å². The molecule has 0 unspecified atom stereocenters. The molecule has 0 aromatic heterocycles. The zero-order chi connectivity index (χ0) is 22.3. The second-order valence-corrected chi connectivity index (χ2v) is 6.77. The fourth-order valence-electron chi connectivity index (χ4n) is 3.17. The Hall–Kier alpha value is -3.47. The lowest BCUT2D eigenvalue weighted by Gasteiger charge is -2.39. The number of carboxylic acids is 2. The van der Waals surface area contributed by atoms with Gasteiger partial charge in [0.15, 0.2) is 0 Å². The van der Waals surface area contributed by atoms with E-state index in [9.17, 15) is 24.0 Å². The highest BCUT2D eigenvalue weighted by molar-refractivity contribution is 5.98. The van der Waals surface area contributed by atoms with E-state index in [1.54, 1.807) is 24.3 Å². The summed E-state index contributed by atoms with van der Waals surface area (Å²) in [5.74, 6) is -4.40. The molecular weight excluding hydrogens is 396 g/mol. The van der Waals surface area contributed by atoms with Crippen LogP contribution in [0.3, 0.4) is 0 Å². The number of amides is 3. The topological polar surface area (TPSA) is 170 Å². The van der Waals surface area contributed by atoms with Crippen LogP contribution in [0.25, 0.3) is 0 Å². The molecule has 0 spiro atoms. The summed E-state index contributed by atoms with van der Waals surface area (Å²) in [6.45, 7) is -0.585. The van der Waals surface area contributed by atoms with Crippen LogP contribution in [-0.2, 0) is 25.6 Å². The number of hydrogen-bond donors (Lipinski definition) is 4. The molecule has 0 bridgehead atoms. The molecule has 1 aliphatic rings. The van der Waals surface area contributed by atoms with Crippen LogP contribution < -0.4 is 11.1 Å². The van der Waals surface area contributed by atoms with Crippen molar-refractivity contribution in [1.82, 2.24) is 15.1 Å². The zero-order valence-corrected chi connectivity index (χ0v) is 16.2. The lowest BCUT2D eigenvalue weighted by Crippen LogP contribution is -2.61. The van der Waals surface area contributed by atoms with Gasteiger partial charge in [-0.1, -0.05) is 12.1 Å². The van der Waals surface area contributed by atoms with Crippen LogP contribution in [-0.4, -0.2) is 88.4 Å². The standard InChI is InChI=1S/C19H24N4O7/c20-6-5-12-1-3-13(4-2-12)18(29)21-10-15(24)23-8-7-22(11-17(27)28)19(30)14(23)9-16(25)26/h1-4,14H,5-11,20H2,(H,21,29)(H,25,26)(H,27,28)/t14-/m0/s1. The van der Waals surface area contributed by atoms with Gasteiger partial charge in [0.05, 0.1) is 13.0 Å². The summed E-state index contributed by atoms with van der Waals surface area (Å²) < 4.78 is 0. The van der Waals surface area contributed by atoms with Crippen LogP contribution in [0.5, 0.6) is 0 Å². The summed E-state index contributed by atoms with van der Waals surface area (Å²) in [5.41, 5.74) is 6.79. The van der Waals surface area contributed by atoms with Crippen molar-refractivity contribution in [3.8, 4) is 0 Å². The molecule has 30 heavy (non-hydrogen) atoms. The van der Waals surface area contributed by atoms with E-state index in [0.29, 0.717) is 18.5 Å². The van der Waals surface area contributed by atoms with Crippen LogP contribution in [0.4, 0.5) is 0 Å². The molecule has 0 aliphatic carbocycles. The number of piperazine rings is 1. The van der Waals surface area contributed by atoms with Crippen molar-refractivity contribution in [2.45, 2.75) is 18.9 Å². The van der Waals surface area contributed by atoms with E-state index in [0.717, 1.165) is 15.4 Å². The van der Waals surface area contributed by atoms with E-state index in [4.69, 9.17) is 15.9 Å². The zero-order valence-electron chi connectivity index (χ0n) is 16.2. The normalized spacial score (nSPS) is 16.3. The Morgan fingerprint density at radius 2 is 1.73 bits per heavy atom. The molecule has 2 rings (SSSR count). The lowest BCUT2D eigenvalue weighted by atomic mass is 10.1. The molecule has 1 aromatic carbocycles. The van der Waals surface area contributed by atoms with Crippen molar-refractivity contribution < 1.29 is 34.2 Å². The number of rotatable bonds is 9. The number of hydrogen-bond acceptors (Lipinski definition) is 6. The van der Waals surface area contributed by atoms with E-state index >= 15 is 0 Å². The number of carboxylic acid groups (broad SMARTS) is 2. The number of aliphatic carboxylic acids is 2. The van der Waals surface area contributed by atoms with Gasteiger partial charge in [-0.15, -0.1) is 0 Å². The van der Waals surface area contributed by atoms with Gasteiger partial charge in [-0.05, 0) is 30.7 Å². The van der Waals surface area contributed by atoms with Gasteiger partial charge < -0.3 is 31.1 Å². The van der Waals surface area contributed by atoms with Gasteiger partial charge in [-0.2, -0.15) is 0 Å². The van der Waals surface area contributed by atoms with Gasteiger partial charge in [0.1, 0.15) is 12.6 Å². The number of benzene rings is 1. The average Bonchev–Trinajstić information content (AvgIpc) is 2.69. The molecule has 0 saturated carbocycles. The molecule has 1 aliphatic heterocycles. The quantitative estimate of drug-likeness (QED) is 0.374. The Morgan fingerprint density at radius 3 is 2.30 bits per heavy atom. The van der Waals surface area contributed by atoms with E-state index in [1.165, 1.54) is 0 Å². The van der Waals surface area contributed by atoms with Crippen molar-refractivity contribution in [3.05, 3.63) is 35.4 Å². The largest absolute Gasteiger partial charge is 0.481 e. The van der Waals surface area contributed by atoms with Gasteiger partial charge in [0, 0.05) is 18.7 Å². The summed E-state index contributed by atoms with van der Waals surface area (Å²) >= 11 is 0. The molecule has 5 N–H and O–H groups in total. The maximum Gasteiger partial charge on any atom is 0.323 e. The Balaban J connectivity index is 2.01. The van der Waals surface area contributed by atoms with E-state index in [2.05, 4.69) is 5.32 Å². The summed E-state index contributed by atoms with van der Waals surface area (Å²) in [7, 11) is 0. The number of nitrogens with one attached hydrogen (secondary N) is 1. The highest BCUT2D eigenvalue weighted by atomic mass is 16.4. The van der Waals surface area contributed by atoms with Gasteiger partial charge in [0.25, 0.3) is 5.91 Å². The van der Waals surface area contributed by atoms with Crippen LogP contribution >= 0.6 is 0 Å². The SMILES string of the molecule is NCCc1ccc(C(=O)NCC(=O)N2CCN(CC(=O)O)C(=O)[C@@H]2CC(=O)O)cc1. The van der Waals surface area contributed by atoms with Gasteiger partial charge in [-0.3, -0.25) is 24.0 Å². The molecule has 1 aromatic rings. The van der Waals surface area contributed by atoms with E-state index in [-0.39, 0.29) is 13.1 Å². The van der Waals surface area contributed by atoms with Crippen LogP contribution in [0.2, 0.25) is 0 Å². The van der Waals surface area contributed by atoms with Crippen LogP contribution in [0, 0.1) is 0 Å². The molecular formula is C19H24N4O7. The monoisotopic (exact) mass is 420 g/mol. The fraction of sp³-hybridized carbons (Fsp3) is 0.421. The minimum absolute atomic E-state index is 0.0283. The van der Waals surface area contributed by atoms with Crippen molar-refractivity contribution in [3.63, 3.8) is 0 Å². The molecule has 3 amide bonds. The first-order valence-electron chi connectivity index (χ1n) is 9.32. The molecule has 1 saturated heterocycles. The average molecular weight is 420 g/mol. The Kier molecular flexibility index (Phi) is 7.87. The van der Waals surface area contributed by atoms with Crippen molar-refractivity contribution in [2.24, 2.45) is 5.73 Å². The second kappa shape index (κ2) is 10.3. The minimum Gasteiger partial charge on any atom is -0.481 e. The van der Waals surface area contributed by atoms with Gasteiger partial charge >= 0.3 is 11.9 Å². The summed E-state index contributed by atoms with van der Waals surface area (Å²) in [4.78, 5) is 61.4. The van der Waals surface area contributed by atoms with Crippen molar-refractivity contribution in [2.75, 3.05) is 32.7 Å². The van der Waals surface area contributed by atoms with Gasteiger partial charge in [-0.25, -0.2) is 0 Å². The predicted molar refractivity (Wildman–Crippen MR) is 104 cm³/mol. The second-order valence-electron chi connectivity index (χ2n) is 6.77. The maximum atomic E-state index is 12.6. The number of nitrogens with two attached hydrogens (primary N) is 1. The molecule has 1 fully saturated rings. The molecule has 0 radical (unpaired) electrons. The first-order chi connectivity index (χ1) is 14.2. The third-order valence-corrected chi connectivity index (χ3v) is 4.65. The first-order valence-corrected chi connectivity index (χ1v) is 9.32. The molecule has 162 valence electrons. The summed E-state index contributed by atoms with van der Waals surface area (Å²) in [6, 6.07) is 5.40. The van der Waals surface area contributed by atoms with E-state index in [1.807, 2.05) is 0 Å². The lowest BCUT2D eigenvalue weighted by molar-refractivity contribution is -0.157. The Morgan fingerprint density at radius 1 is 1.07 bits per heavy atom. The number of carbonyl (C=O) groups excluding carboxylic acids is 3. The number of nitrogens with zero attached hydrogens (tertiary/aromatic N) is 2. The smallest absolute Gasteiger partial charge is 0.323 e. The Bertz CT molecular complexity index is 825. The highest BCUT2D eigenvalue weighted by Crippen LogP contribution is 2.15. The van der Waals surface area contributed by atoms with Crippen LogP contribution in [0.1, 0.15) is 22.3 Å². The fourth-order valence-corrected chi connectivity index (χ4v) is 3.17. The predicted octanol–water partition coefficient (Wildman–Crippen LogP) is -1.48. The van der Waals surface area contributed by atoms with E-state index < -0.39 is 55.2 Å². The Labute approximate surface area is 172 Å². The number of carbonyl (C=O) groups is 5. The minimum atomic E-state index is -1.32. The molecule has 1 atom stereocenters. The summed E-state index contributed by atoms with van der Waals surface area (Å²) in [5, 5.41) is 20.4. The summed E-state index contributed by atoms with van der Waals surface area (Å²) in [6.07, 6.45) is 0.0183. The van der Waals surface area contributed by atoms with Crippen molar-refractivity contribution >= 4 is 29.7 Å². The molecule has 11 heteroatoms. The third-order valence-electron chi connectivity index (χ3n) is 4.65. The molecule has 1 heterocycles. The van der Waals surface area contributed by atoms with Gasteiger partial charge in [0.2, 0.25) is 11.8 Å². The first kappa shape index (κ1) is 22.8. The van der Waals surface area contributed by atoms with Crippen molar-refractivity contribution in [1.29, 1.82) is 0 Å². The maximum absolute atomic E-state index is 12.6. The highest BCUT2D eigenvalue weighted by Gasteiger charge is 2.39. The molecule has 11 nitrogen and oxygen atoms in total.